The van der Waals surface area contributed by atoms with E-state index in [4.69, 9.17) is 13.6 Å². The van der Waals surface area contributed by atoms with Gasteiger partial charge < -0.3 is 13.6 Å². The van der Waals surface area contributed by atoms with E-state index in [-0.39, 0.29) is 11.7 Å². The molecule has 86 valence electrons. The molecule has 0 N–H and O–H groups in total. The molecular formula is C12H9NO4. The second-order valence-corrected chi connectivity index (χ2v) is 3.48. The molecule has 2 heterocycles. The molecule has 0 saturated heterocycles. The van der Waals surface area contributed by atoms with Gasteiger partial charge in [0.25, 0.3) is 0 Å². The molecule has 0 aliphatic carbocycles. The van der Waals surface area contributed by atoms with Crippen LogP contribution in [0.2, 0.25) is 0 Å². The van der Waals surface area contributed by atoms with Crippen LogP contribution in [0.4, 0.5) is 0 Å². The summed E-state index contributed by atoms with van der Waals surface area (Å²) in [5.41, 5.74) is 0.506. The number of hydrogen-bond acceptors (Lipinski definition) is 5. The van der Waals surface area contributed by atoms with Gasteiger partial charge in [0, 0.05) is 5.39 Å². The molecule has 5 heteroatoms. The first-order valence-corrected chi connectivity index (χ1v) is 5.25. The lowest BCUT2D eigenvalue weighted by atomic mass is 10.2. The fourth-order valence-corrected chi connectivity index (χ4v) is 1.70. The molecule has 0 unspecified atom stereocenters. The molecule has 2 aromatic heterocycles. The average Bonchev–Trinajstić information content (AvgIpc) is 2.74. The number of aromatic nitrogens is 1. The number of para-hydroxylation sites is 1. The van der Waals surface area contributed by atoms with Gasteiger partial charge in [0.1, 0.15) is 11.1 Å². The smallest absolute Gasteiger partial charge is 0.394 e. The van der Waals surface area contributed by atoms with Crippen LogP contribution in [-0.4, -0.2) is 11.6 Å². The highest BCUT2D eigenvalue weighted by molar-refractivity contribution is 5.99. The zero-order chi connectivity index (χ0) is 11.8. The van der Waals surface area contributed by atoms with Gasteiger partial charge in [-0.05, 0) is 19.1 Å². The Balaban J connectivity index is 2.43. The summed E-state index contributed by atoms with van der Waals surface area (Å²) in [5, 5.41) is 0.733. The Hall–Kier alpha value is -2.30. The minimum Gasteiger partial charge on any atom is -0.450 e. The maximum absolute atomic E-state index is 11.7. The Morgan fingerprint density at radius 2 is 2.12 bits per heavy atom. The summed E-state index contributed by atoms with van der Waals surface area (Å²) in [6, 6.07) is 7.17. The Morgan fingerprint density at radius 1 is 1.29 bits per heavy atom. The number of rotatable bonds is 2. The zero-order valence-corrected chi connectivity index (χ0v) is 9.10. The first-order chi connectivity index (χ1) is 8.29. The molecule has 0 aliphatic heterocycles. The summed E-state index contributed by atoms with van der Waals surface area (Å²) in [6.45, 7) is 2.24. The van der Waals surface area contributed by atoms with Gasteiger partial charge in [0.2, 0.25) is 5.58 Å². The van der Waals surface area contributed by atoms with E-state index in [1.54, 1.807) is 12.1 Å². The van der Waals surface area contributed by atoms with Crippen LogP contribution in [0.1, 0.15) is 6.92 Å². The lowest BCUT2D eigenvalue weighted by Gasteiger charge is -1.93. The van der Waals surface area contributed by atoms with Crippen molar-refractivity contribution in [2.75, 3.05) is 6.61 Å². The number of ether oxygens (including phenoxy) is 1. The minimum atomic E-state index is -0.544. The summed E-state index contributed by atoms with van der Waals surface area (Å²) in [7, 11) is 0. The third-order valence-electron chi connectivity index (χ3n) is 2.41. The highest BCUT2D eigenvalue weighted by atomic mass is 16.6. The molecule has 0 bridgehead atoms. The number of benzene rings is 1. The van der Waals surface area contributed by atoms with Gasteiger partial charge in [0.15, 0.2) is 0 Å². The maximum atomic E-state index is 11.7. The highest BCUT2D eigenvalue weighted by Gasteiger charge is 2.15. The summed E-state index contributed by atoms with van der Waals surface area (Å²) >= 11 is 0. The standard InChI is InChI=1S/C12H9NO4/c1-2-15-12-13-9-7-5-3-4-6-8(7)16-11(14)10(9)17-12/h3-6H,2H2,1H3. The van der Waals surface area contributed by atoms with E-state index in [1.165, 1.54) is 0 Å². The van der Waals surface area contributed by atoms with Gasteiger partial charge in [-0.3, -0.25) is 0 Å². The summed E-state index contributed by atoms with van der Waals surface area (Å²) in [5.74, 6) is 0. The normalized spacial score (nSPS) is 11.1. The van der Waals surface area contributed by atoms with Crippen LogP contribution >= 0.6 is 0 Å². The summed E-state index contributed by atoms with van der Waals surface area (Å²) in [4.78, 5) is 15.8. The molecule has 0 aliphatic rings. The van der Waals surface area contributed by atoms with Crippen LogP contribution in [-0.2, 0) is 0 Å². The van der Waals surface area contributed by atoms with Crippen LogP contribution < -0.4 is 10.4 Å². The molecule has 5 nitrogen and oxygen atoms in total. The average molecular weight is 231 g/mol. The van der Waals surface area contributed by atoms with Crippen molar-refractivity contribution < 1.29 is 13.6 Å². The van der Waals surface area contributed by atoms with Crippen LogP contribution in [0.3, 0.4) is 0 Å². The molecule has 0 spiro atoms. The third kappa shape index (κ3) is 1.47. The zero-order valence-electron chi connectivity index (χ0n) is 9.10. The summed E-state index contributed by atoms with van der Waals surface area (Å²) in [6.07, 6.45) is 0.0890. The van der Waals surface area contributed by atoms with E-state index in [2.05, 4.69) is 4.98 Å². The van der Waals surface area contributed by atoms with Crippen molar-refractivity contribution in [3.8, 4) is 6.08 Å². The van der Waals surface area contributed by atoms with Crippen LogP contribution in [0.5, 0.6) is 6.08 Å². The lowest BCUT2D eigenvalue weighted by Crippen LogP contribution is -1.97. The van der Waals surface area contributed by atoms with Crippen molar-refractivity contribution in [2.45, 2.75) is 6.92 Å². The molecule has 0 fully saturated rings. The van der Waals surface area contributed by atoms with Crippen molar-refractivity contribution in [1.29, 1.82) is 0 Å². The molecule has 17 heavy (non-hydrogen) atoms. The number of hydrogen-bond donors (Lipinski definition) is 0. The Kier molecular flexibility index (Phi) is 2.11. The van der Waals surface area contributed by atoms with Crippen molar-refractivity contribution >= 4 is 22.1 Å². The minimum absolute atomic E-state index is 0.0890. The Labute approximate surface area is 95.6 Å². The van der Waals surface area contributed by atoms with Crippen molar-refractivity contribution in [2.24, 2.45) is 0 Å². The predicted octanol–water partition coefficient (Wildman–Crippen LogP) is 2.33. The Morgan fingerprint density at radius 3 is 2.94 bits per heavy atom. The molecule has 0 radical (unpaired) electrons. The molecule has 3 aromatic rings. The van der Waals surface area contributed by atoms with E-state index >= 15 is 0 Å². The van der Waals surface area contributed by atoms with Crippen molar-refractivity contribution in [1.82, 2.24) is 4.98 Å². The van der Waals surface area contributed by atoms with E-state index in [0.717, 1.165) is 5.39 Å². The SMILES string of the molecule is CCOc1nc2c(o1)c(=O)oc1ccccc12. The van der Waals surface area contributed by atoms with E-state index < -0.39 is 5.63 Å². The largest absolute Gasteiger partial charge is 0.450 e. The topological polar surface area (TPSA) is 65.5 Å². The molecule has 1 aromatic carbocycles. The lowest BCUT2D eigenvalue weighted by molar-refractivity contribution is 0.250. The van der Waals surface area contributed by atoms with Gasteiger partial charge in [-0.2, -0.15) is 4.98 Å². The van der Waals surface area contributed by atoms with E-state index in [1.807, 2.05) is 19.1 Å². The Bertz CT molecular complexity index is 741. The highest BCUT2D eigenvalue weighted by Crippen LogP contribution is 2.25. The van der Waals surface area contributed by atoms with E-state index in [0.29, 0.717) is 17.7 Å². The van der Waals surface area contributed by atoms with Gasteiger partial charge in [-0.15, -0.1) is 0 Å². The number of nitrogens with zero attached hydrogens (tertiary/aromatic N) is 1. The second-order valence-electron chi connectivity index (χ2n) is 3.48. The monoisotopic (exact) mass is 231 g/mol. The van der Waals surface area contributed by atoms with Crippen molar-refractivity contribution in [3.05, 3.63) is 34.7 Å². The van der Waals surface area contributed by atoms with Crippen LogP contribution in [0, 0.1) is 0 Å². The molecular weight excluding hydrogens is 222 g/mol. The fourth-order valence-electron chi connectivity index (χ4n) is 1.70. The quantitative estimate of drug-likeness (QED) is 0.633. The van der Waals surface area contributed by atoms with E-state index in [9.17, 15) is 4.79 Å². The number of oxazole rings is 1. The third-order valence-corrected chi connectivity index (χ3v) is 2.41. The van der Waals surface area contributed by atoms with Gasteiger partial charge in [0.05, 0.1) is 6.61 Å². The maximum Gasteiger partial charge on any atom is 0.394 e. The molecule has 0 atom stereocenters. The second kappa shape index (κ2) is 3.62. The summed E-state index contributed by atoms with van der Waals surface area (Å²) < 4.78 is 15.5. The fraction of sp³-hybridized carbons (Fsp3) is 0.167. The molecule has 0 saturated carbocycles. The van der Waals surface area contributed by atoms with Gasteiger partial charge in [-0.25, -0.2) is 4.79 Å². The van der Waals surface area contributed by atoms with Crippen molar-refractivity contribution in [3.63, 3.8) is 0 Å². The first kappa shape index (κ1) is 9.89. The van der Waals surface area contributed by atoms with Gasteiger partial charge >= 0.3 is 11.7 Å². The molecule has 3 rings (SSSR count). The predicted molar refractivity (Wildman–Crippen MR) is 61.2 cm³/mol. The first-order valence-electron chi connectivity index (χ1n) is 5.25. The molecule has 0 amide bonds. The van der Waals surface area contributed by atoms with Crippen LogP contribution in [0.15, 0.2) is 37.9 Å². The van der Waals surface area contributed by atoms with Gasteiger partial charge in [-0.1, -0.05) is 12.1 Å². The van der Waals surface area contributed by atoms with Crippen LogP contribution in [0.25, 0.3) is 22.1 Å². The number of fused-ring (bicyclic) bond motifs is 3.